The van der Waals surface area contributed by atoms with Crippen LogP contribution < -0.4 is 0 Å². The van der Waals surface area contributed by atoms with Crippen LogP contribution in [0.5, 0.6) is 11.8 Å². The van der Waals surface area contributed by atoms with Crippen molar-refractivity contribution in [2.45, 2.75) is 52.4 Å². The average Bonchev–Trinajstić information content (AvgIpc) is 2.88. The van der Waals surface area contributed by atoms with Gasteiger partial charge < -0.3 is 10.2 Å². The highest BCUT2D eigenvalue weighted by Crippen LogP contribution is 2.55. The Morgan fingerprint density at radius 1 is 0.923 bits per heavy atom. The number of nitro benzene ring substituents is 1. The first-order valence-electron chi connectivity index (χ1n) is 8.85. The summed E-state index contributed by atoms with van der Waals surface area (Å²) >= 11 is 0. The molecular formula is C20H22N2O4. The summed E-state index contributed by atoms with van der Waals surface area (Å²) in [5.74, 6) is 0.330. The maximum Gasteiger partial charge on any atom is 0.275 e. The molecule has 5 rings (SSSR count). The van der Waals surface area contributed by atoms with E-state index < -0.39 is 0 Å². The number of hydrogen-bond donors (Lipinski definition) is 2. The second kappa shape index (κ2) is 5.37. The summed E-state index contributed by atoms with van der Waals surface area (Å²) in [6, 6.07) is 0. The van der Waals surface area contributed by atoms with E-state index in [4.69, 9.17) is 0 Å². The normalized spacial score (nSPS) is 20.5. The van der Waals surface area contributed by atoms with Gasteiger partial charge in [-0.3, -0.25) is 14.7 Å². The van der Waals surface area contributed by atoms with Crippen molar-refractivity contribution in [3.8, 4) is 17.4 Å². The molecule has 2 bridgehead atoms. The highest BCUT2D eigenvalue weighted by Gasteiger charge is 2.39. The van der Waals surface area contributed by atoms with Crippen LogP contribution in [0.15, 0.2) is 12.2 Å². The first-order chi connectivity index (χ1) is 12.3. The van der Waals surface area contributed by atoms with E-state index in [2.05, 4.69) is 12.2 Å². The molecule has 6 heteroatoms. The summed E-state index contributed by atoms with van der Waals surface area (Å²) in [7, 11) is 0. The number of nitrogens with zero attached hydrogens (tertiary/aromatic N) is 2. The molecule has 2 aromatic rings. The topological polar surface area (TPSA) is 88.5 Å². The number of hydrogen-bond acceptors (Lipinski definition) is 4. The minimum Gasteiger partial charge on any atom is -0.494 e. The van der Waals surface area contributed by atoms with Crippen LogP contribution in [0.1, 0.15) is 58.1 Å². The predicted octanol–water partition coefficient (Wildman–Crippen LogP) is 4.56. The maximum atomic E-state index is 11.5. The molecule has 1 aromatic heterocycles. The summed E-state index contributed by atoms with van der Waals surface area (Å²) in [4.78, 5) is 11.1. The summed E-state index contributed by atoms with van der Waals surface area (Å²) in [6.45, 7) is 7.03. The zero-order valence-electron chi connectivity index (χ0n) is 15.3. The van der Waals surface area contributed by atoms with Crippen LogP contribution in [0, 0.1) is 37.8 Å². The Hall–Kier alpha value is -2.76. The Morgan fingerprint density at radius 3 is 1.69 bits per heavy atom. The van der Waals surface area contributed by atoms with Gasteiger partial charge in [0.05, 0.1) is 10.6 Å². The quantitative estimate of drug-likeness (QED) is 0.470. The van der Waals surface area contributed by atoms with Crippen molar-refractivity contribution in [2.75, 3.05) is 0 Å². The SMILES string of the molecule is Cc1c(C)c([N+](=O)[O-])c(C)c(C)c1-n1c(O)c2c(c1O)[C@H]1C=C[C@@H]2CC1. The van der Waals surface area contributed by atoms with E-state index >= 15 is 0 Å². The molecule has 0 saturated heterocycles. The molecule has 0 saturated carbocycles. The fourth-order valence-electron chi connectivity index (χ4n) is 4.71. The average molecular weight is 354 g/mol. The summed E-state index contributed by atoms with van der Waals surface area (Å²) in [5.41, 5.74) is 4.83. The van der Waals surface area contributed by atoms with Crippen molar-refractivity contribution in [1.82, 2.24) is 4.57 Å². The van der Waals surface area contributed by atoms with Gasteiger partial charge in [-0.25, -0.2) is 0 Å². The second-order valence-corrected chi connectivity index (χ2v) is 7.44. The van der Waals surface area contributed by atoms with Gasteiger partial charge in [-0.15, -0.1) is 0 Å². The van der Waals surface area contributed by atoms with Crippen LogP contribution in [0.2, 0.25) is 0 Å². The van der Waals surface area contributed by atoms with Crippen LogP contribution in [0.3, 0.4) is 0 Å². The Labute approximate surface area is 151 Å². The maximum absolute atomic E-state index is 11.5. The molecule has 1 heterocycles. The summed E-state index contributed by atoms with van der Waals surface area (Å²) in [5, 5.41) is 33.4. The standard InChI is InChI=1S/C20H22N2O4/c1-9-11(3)18(22(25)26)12(4)10(2)17(9)21-19(23)15-13-5-6-14(8-7-13)16(15)20(21)24/h5-6,13-14,23-24H,7-8H2,1-4H3/t13-,14+. The molecule has 1 aromatic carbocycles. The third-order valence-electron chi connectivity index (χ3n) is 6.25. The zero-order valence-corrected chi connectivity index (χ0v) is 15.3. The predicted molar refractivity (Wildman–Crippen MR) is 98.6 cm³/mol. The van der Waals surface area contributed by atoms with Gasteiger partial charge in [0.15, 0.2) is 0 Å². The fourth-order valence-corrected chi connectivity index (χ4v) is 4.71. The van der Waals surface area contributed by atoms with Crippen molar-refractivity contribution in [3.63, 3.8) is 0 Å². The number of rotatable bonds is 2. The lowest BCUT2D eigenvalue weighted by Gasteiger charge is -2.30. The third kappa shape index (κ3) is 1.92. The van der Waals surface area contributed by atoms with Crippen LogP contribution in [0.4, 0.5) is 5.69 Å². The molecule has 0 radical (unpaired) electrons. The van der Waals surface area contributed by atoms with E-state index in [1.807, 2.05) is 0 Å². The van der Waals surface area contributed by atoms with Crippen LogP contribution in [-0.2, 0) is 0 Å². The van der Waals surface area contributed by atoms with Crippen molar-refractivity contribution in [2.24, 2.45) is 0 Å². The Kier molecular flexibility index (Phi) is 3.45. The van der Waals surface area contributed by atoms with E-state index in [1.54, 1.807) is 27.7 Å². The minimum absolute atomic E-state index is 0.0513. The minimum atomic E-state index is -0.362. The highest BCUT2D eigenvalue weighted by atomic mass is 16.6. The lowest BCUT2D eigenvalue weighted by Crippen LogP contribution is -2.15. The molecule has 2 atom stereocenters. The van der Waals surface area contributed by atoms with E-state index in [1.165, 1.54) is 4.57 Å². The summed E-state index contributed by atoms with van der Waals surface area (Å²) < 4.78 is 1.48. The van der Waals surface area contributed by atoms with E-state index in [0.717, 1.165) is 24.0 Å². The molecule has 0 spiro atoms. The molecule has 3 aliphatic rings. The summed E-state index contributed by atoms with van der Waals surface area (Å²) in [6.07, 6.45) is 6.13. The van der Waals surface area contributed by atoms with Gasteiger partial charge in [0.1, 0.15) is 0 Å². The molecule has 0 fully saturated rings. The van der Waals surface area contributed by atoms with Gasteiger partial charge in [-0.1, -0.05) is 12.2 Å². The molecular weight excluding hydrogens is 332 g/mol. The van der Waals surface area contributed by atoms with Gasteiger partial charge in [-0.05, 0) is 51.7 Å². The van der Waals surface area contributed by atoms with Gasteiger partial charge in [0.2, 0.25) is 11.8 Å². The number of fused-ring (bicyclic) bond motifs is 1. The second-order valence-electron chi connectivity index (χ2n) is 7.44. The van der Waals surface area contributed by atoms with Crippen molar-refractivity contribution < 1.29 is 15.1 Å². The molecule has 0 aliphatic heterocycles. The Morgan fingerprint density at radius 2 is 1.35 bits per heavy atom. The zero-order chi connectivity index (χ0) is 18.9. The van der Waals surface area contributed by atoms with E-state index in [9.17, 15) is 20.3 Å². The molecule has 0 amide bonds. The van der Waals surface area contributed by atoms with Crippen molar-refractivity contribution in [3.05, 3.63) is 55.6 Å². The van der Waals surface area contributed by atoms with E-state index in [0.29, 0.717) is 27.9 Å². The largest absolute Gasteiger partial charge is 0.494 e. The number of aromatic hydroxyl groups is 2. The molecule has 6 nitrogen and oxygen atoms in total. The monoisotopic (exact) mass is 354 g/mol. The van der Waals surface area contributed by atoms with Gasteiger partial charge >= 0.3 is 0 Å². The fraction of sp³-hybridized carbons (Fsp3) is 0.400. The smallest absolute Gasteiger partial charge is 0.275 e. The van der Waals surface area contributed by atoms with Gasteiger partial charge in [0, 0.05) is 34.1 Å². The lowest BCUT2D eigenvalue weighted by molar-refractivity contribution is -0.386. The number of aromatic nitrogens is 1. The molecule has 136 valence electrons. The first-order valence-corrected chi connectivity index (χ1v) is 8.85. The molecule has 3 aliphatic carbocycles. The first kappa shape index (κ1) is 16.7. The molecule has 2 N–H and O–H groups in total. The van der Waals surface area contributed by atoms with Crippen LogP contribution >= 0.6 is 0 Å². The highest BCUT2D eigenvalue weighted by molar-refractivity contribution is 5.68. The third-order valence-corrected chi connectivity index (χ3v) is 6.25. The molecule has 26 heavy (non-hydrogen) atoms. The number of allylic oxidation sites excluding steroid dienone is 2. The van der Waals surface area contributed by atoms with Crippen LogP contribution in [-0.4, -0.2) is 19.7 Å². The Balaban J connectivity index is 2.05. The van der Waals surface area contributed by atoms with Crippen LogP contribution in [0.25, 0.3) is 5.69 Å². The van der Waals surface area contributed by atoms with Gasteiger partial charge in [-0.2, -0.15) is 0 Å². The molecule has 0 unspecified atom stereocenters. The van der Waals surface area contributed by atoms with Crippen molar-refractivity contribution in [1.29, 1.82) is 0 Å². The van der Waals surface area contributed by atoms with Gasteiger partial charge in [0.25, 0.3) is 5.69 Å². The number of nitro groups is 1. The van der Waals surface area contributed by atoms with Crippen molar-refractivity contribution >= 4 is 5.69 Å². The lowest BCUT2D eigenvalue weighted by atomic mass is 9.73. The number of benzene rings is 1. The van der Waals surface area contributed by atoms with E-state index in [-0.39, 0.29) is 34.2 Å². The Bertz CT molecular complexity index is 934.